The zero-order chi connectivity index (χ0) is 13.5. The molecule has 0 saturated heterocycles. The first-order valence-electron chi connectivity index (χ1n) is 7.13. The molecule has 0 heterocycles. The van der Waals surface area contributed by atoms with Gasteiger partial charge in [0.1, 0.15) is 5.82 Å². The van der Waals surface area contributed by atoms with E-state index >= 15 is 0 Å². The first-order valence-corrected chi connectivity index (χ1v) is 7.13. The van der Waals surface area contributed by atoms with Gasteiger partial charge < -0.3 is 5.32 Å². The second-order valence-corrected chi connectivity index (χ2v) is 5.05. The van der Waals surface area contributed by atoms with Crippen LogP contribution in [0, 0.1) is 11.7 Å². The molecule has 0 bridgehead atoms. The average molecular weight is 251 g/mol. The molecule has 2 unspecified atom stereocenters. The Bertz CT molecular complexity index is 347. The summed E-state index contributed by atoms with van der Waals surface area (Å²) in [6.45, 7) is 8.84. The fourth-order valence-corrected chi connectivity index (χ4v) is 2.62. The number of benzene rings is 1. The highest BCUT2D eigenvalue weighted by molar-refractivity contribution is 5.20. The van der Waals surface area contributed by atoms with E-state index in [1.54, 1.807) is 12.1 Å². The maximum absolute atomic E-state index is 13.3. The minimum atomic E-state index is -0.150. The van der Waals surface area contributed by atoms with Gasteiger partial charge in [0, 0.05) is 12.1 Å². The number of rotatable bonds is 7. The van der Waals surface area contributed by atoms with Crippen LogP contribution in [0.15, 0.2) is 24.3 Å². The van der Waals surface area contributed by atoms with Gasteiger partial charge in [-0.15, -0.1) is 0 Å². The molecule has 0 radical (unpaired) electrons. The van der Waals surface area contributed by atoms with E-state index in [-0.39, 0.29) is 11.9 Å². The molecule has 0 fully saturated rings. The molecular formula is C16H26FN. The largest absolute Gasteiger partial charge is 0.307 e. The van der Waals surface area contributed by atoms with Crippen LogP contribution in [0.5, 0.6) is 0 Å². The van der Waals surface area contributed by atoms with E-state index in [1.807, 2.05) is 6.07 Å². The lowest BCUT2D eigenvalue weighted by Crippen LogP contribution is -2.35. The Kier molecular flexibility index (Phi) is 6.34. The standard InChI is InChI=1S/C16H26FN/c1-5-13(6-2)12(4)18-16(7-3)14-9-8-10-15(17)11-14/h8-13,16,18H,5-7H2,1-4H3. The maximum atomic E-state index is 13.3. The molecule has 0 aliphatic heterocycles. The van der Waals surface area contributed by atoms with Crippen molar-refractivity contribution in [2.24, 2.45) is 5.92 Å². The Balaban J connectivity index is 2.72. The summed E-state index contributed by atoms with van der Waals surface area (Å²) >= 11 is 0. The fourth-order valence-electron chi connectivity index (χ4n) is 2.62. The van der Waals surface area contributed by atoms with Crippen molar-refractivity contribution in [3.05, 3.63) is 35.6 Å². The van der Waals surface area contributed by atoms with Crippen LogP contribution in [0.4, 0.5) is 4.39 Å². The van der Waals surface area contributed by atoms with Crippen molar-refractivity contribution in [3.63, 3.8) is 0 Å². The molecule has 0 aliphatic carbocycles. The Morgan fingerprint density at radius 2 is 1.78 bits per heavy atom. The highest BCUT2D eigenvalue weighted by atomic mass is 19.1. The highest BCUT2D eigenvalue weighted by Crippen LogP contribution is 2.21. The van der Waals surface area contributed by atoms with Crippen LogP contribution < -0.4 is 5.32 Å². The molecule has 0 aliphatic rings. The van der Waals surface area contributed by atoms with Gasteiger partial charge in [0.05, 0.1) is 0 Å². The van der Waals surface area contributed by atoms with Crippen LogP contribution in [-0.2, 0) is 0 Å². The molecule has 102 valence electrons. The topological polar surface area (TPSA) is 12.0 Å². The zero-order valence-corrected chi connectivity index (χ0v) is 12.0. The normalized spacial score (nSPS) is 14.8. The second kappa shape index (κ2) is 7.52. The predicted octanol–water partition coefficient (Wildman–Crippen LogP) is 4.69. The van der Waals surface area contributed by atoms with Gasteiger partial charge in [0.25, 0.3) is 0 Å². The lowest BCUT2D eigenvalue weighted by atomic mass is 9.93. The van der Waals surface area contributed by atoms with Gasteiger partial charge in [-0.25, -0.2) is 4.39 Å². The first-order chi connectivity index (χ1) is 8.62. The van der Waals surface area contributed by atoms with Crippen LogP contribution in [0.1, 0.15) is 58.6 Å². The quantitative estimate of drug-likeness (QED) is 0.741. The van der Waals surface area contributed by atoms with Crippen LogP contribution in [0.25, 0.3) is 0 Å². The molecule has 0 aromatic heterocycles. The van der Waals surface area contributed by atoms with Gasteiger partial charge in [-0.1, -0.05) is 45.7 Å². The summed E-state index contributed by atoms with van der Waals surface area (Å²) in [4.78, 5) is 0. The SMILES string of the molecule is CCC(NC(C)C(CC)CC)c1cccc(F)c1. The molecule has 1 nitrogen and oxygen atoms in total. The maximum Gasteiger partial charge on any atom is 0.123 e. The molecular weight excluding hydrogens is 225 g/mol. The minimum absolute atomic E-state index is 0.150. The summed E-state index contributed by atoms with van der Waals surface area (Å²) in [5.74, 6) is 0.538. The Labute approximate surface area is 111 Å². The van der Waals surface area contributed by atoms with Crippen LogP contribution in [0.3, 0.4) is 0 Å². The van der Waals surface area contributed by atoms with E-state index in [1.165, 1.54) is 18.9 Å². The van der Waals surface area contributed by atoms with Crippen molar-refractivity contribution in [1.29, 1.82) is 0 Å². The monoisotopic (exact) mass is 251 g/mol. The molecule has 0 spiro atoms. The Morgan fingerprint density at radius 1 is 1.11 bits per heavy atom. The average Bonchev–Trinajstić information content (AvgIpc) is 2.37. The van der Waals surface area contributed by atoms with E-state index in [0.29, 0.717) is 12.0 Å². The van der Waals surface area contributed by atoms with Gasteiger partial charge in [-0.05, 0) is 37.0 Å². The van der Waals surface area contributed by atoms with Crippen LogP contribution >= 0.6 is 0 Å². The van der Waals surface area contributed by atoms with Crippen LogP contribution in [-0.4, -0.2) is 6.04 Å². The predicted molar refractivity (Wildman–Crippen MR) is 76.1 cm³/mol. The van der Waals surface area contributed by atoms with Crippen molar-refractivity contribution in [2.45, 2.75) is 59.0 Å². The zero-order valence-electron chi connectivity index (χ0n) is 12.0. The lowest BCUT2D eigenvalue weighted by molar-refractivity contribution is 0.318. The summed E-state index contributed by atoms with van der Waals surface area (Å²) in [5, 5.41) is 3.65. The van der Waals surface area contributed by atoms with Gasteiger partial charge in [0.15, 0.2) is 0 Å². The molecule has 1 N–H and O–H groups in total. The number of hydrogen-bond donors (Lipinski definition) is 1. The van der Waals surface area contributed by atoms with Crippen LogP contribution in [0.2, 0.25) is 0 Å². The Hall–Kier alpha value is -0.890. The van der Waals surface area contributed by atoms with E-state index in [0.717, 1.165) is 12.0 Å². The molecule has 1 aromatic rings. The number of hydrogen-bond acceptors (Lipinski definition) is 1. The van der Waals surface area contributed by atoms with E-state index < -0.39 is 0 Å². The lowest BCUT2D eigenvalue weighted by Gasteiger charge is -2.28. The van der Waals surface area contributed by atoms with Crippen molar-refractivity contribution >= 4 is 0 Å². The summed E-state index contributed by atoms with van der Waals surface area (Å²) < 4.78 is 13.3. The smallest absolute Gasteiger partial charge is 0.123 e. The van der Waals surface area contributed by atoms with E-state index in [2.05, 4.69) is 33.0 Å². The van der Waals surface area contributed by atoms with E-state index in [9.17, 15) is 4.39 Å². The number of nitrogens with one attached hydrogen (secondary N) is 1. The summed E-state index contributed by atoms with van der Waals surface area (Å²) in [6, 6.07) is 7.65. The van der Waals surface area contributed by atoms with E-state index in [4.69, 9.17) is 0 Å². The molecule has 1 rings (SSSR count). The fraction of sp³-hybridized carbons (Fsp3) is 0.625. The molecule has 2 heteroatoms. The third-order valence-electron chi connectivity index (χ3n) is 3.88. The third-order valence-corrected chi connectivity index (χ3v) is 3.88. The van der Waals surface area contributed by atoms with Crippen molar-refractivity contribution in [3.8, 4) is 0 Å². The molecule has 2 atom stereocenters. The second-order valence-electron chi connectivity index (χ2n) is 5.05. The van der Waals surface area contributed by atoms with Crippen molar-refractivity contribution < 1.29 is 4.39 Å². The van der Waals surface area contributed by atoms with Gasteiger partial charge in [-0.3, -0.25) is 0 Å². The summed E-state index contributed by atoms with van der Waals surface area (Å²) in [7, 11) is 0. The molecule has 1 aromatic carbocycles. The summed E-state index contributed by atoms with van der Waals surface area (Å²) in [6.07, 6.45) is 3.35. The number of halogens is 1. The van der Waals surface area contributed by atoms with Gasteiger partial charge in [-0.2, -0.15) is 0 Å². The van der Waals surface area contributed by atoms with Gasteiger partial charge >= 0.3 is 0 Å². The first kappa shape index (κ1) is 15.2. The molecule has 18 heavy (non-hydrogen) atoms. The Morgan fingerprint density at radius 3 is 2.28 bits per heavy atom. The van der Waals surface area contributed by atoms with Crippen molar-refractivity contribution in [2.75, 3.05) is 0 Å². The van der Waals surface area contributed by atoms with Crippen molar-refractivity contribution in [1.82, 2.24) is 5.32 Å². The minimum Gasteiger partial charge on any atom is -0.307 e. The third kappa shape index (κ3) is 4.09. The highest BCUT2D eigenvalue weighted by Gasteiger charge is 2.18. The van der Waals surface area contributed by atoms with Gasteiger partial charge in [0.2, 0.25) is 0 Å². The summed E-state index contributed by atoms with van der Waals surface area (Å²) in [5.41, 5.74) is 1.05. The molecule has 0 saturated carbocycles. The molecule has 0 amide bonds.